The molecule has 8 heteroatoms. The van der Waals surface area contributed by atoms with E-state index >= 15 is 0 Å². The largest absolute Gasteiger partial charge is 0.322 e. The van der Waals surface area contributed by atoms with Crippen LogP contribution >= 0.6 is 0 Å². The molecule has 0 fully saturated rings. The van der Waals surface area contributed by atoms with Gasteiger partial charge >= 0.3 is 0 Å². The first-order valence-electron chi connectivity index (χ1n) is 11.3. The van der Waals surface area contributed by atoms with Crippen molar-refractivity contribution >= 4 is 33.2 Å². The van der Waals surface area contributed by atoms with Gasteiger partial charge in [-0.15, -0.1) is 0 Å². The summed E-state index contributed by atoms with van der Waals surface area (Å²) in [6, 6.07) is 21.4. The minimum absolute atomic E-state index is 0.145. The quantitative estimate of drug-likeness (QED) is 0.335. The molecule has 0 atom stereocenters. The number of rotatable bonds is 11. The second-order valence-electron chi connectivity index (χ2n) is 7.84. The topological polar surface area (TPSA) is 104 Å². The van der Waals surface area contributed by atoms with Crippen LogP contribution in [0.15, 0.2) is 83.8 Å². The maximum atomic E-state index is 12.7. The molecule has 0 aliphatic rings. The van der Waals surface area contributed by atoms with Crippen molar-refractivity contribution in [3.8, 4) is 0 Å². The van der Waals surface area contributed by atoms with E-state index < -0.39 is 10.0 Å². The molecule has 0 heterocycles. The Morgan fingerprint density at radius 2 is 1.35 bits per heavy atom. The maximum Gasteiger partial charge on any atom is 0.255 e. The molecule has 7 nitrogen and oxygen atoms in total. The first-order chi connectivity index (χ1) is 16.4. The molecule has 0 aliphatic heterocycles. The Balaban J connectivity index is 1.59. The average molecular weight is 480 g/mol. The van der Waals surface area contributed by atoms with Crippen LogP contribution in [-0.2, 0) is 10.0 Å². The summed E-state index contributed by atoms with van der Waals surface area (Å²) in [4.78, 5) is 25.2. The highest BCUT2D eigenvalue weighted by Crippen LogP contribution is 2.17. The molecule has 178 valence electrons. The van der Waals surface area contributed by atoms with Gasteiger partial charge in [0.15, 0.2) is 0 Å². The Hall–Kier alpha value is -3.49. The van der Waals surface area contributed by atoms with Crippen LogP contribution in [0.4, 0.5) is 11.4 Å². The number of hydrogen-bond donors (Lipinski definition) is 3. The van der Waals surface area contributed by atoms with Crippen LogP contribution in [0.25, 0.3) is 0 Å². The van der Waals surface area contributed by atoms with Gasteiger partial charge in [-0.2, -0.15) is 0 Å². The van der Waals surface area contributed by atoms with Crippen molar-refractivity contribution in [2.45, 2.75) is 37.5 Å². The number of carbonyl (C=O) groups is 2. The number of sulfonamides is 1. The lowest BCUT2D eigenvalue weighted by atomic mass is 10.1. The highest BCUT2D eigenvalue weighted by Gasteiger charge is 2.14. The number of hydrogen-bond acceptors (Lipinski definition) is 4. The Morgan fingerprint density at radius 1 is 0.706 bits per heavy atom. The van der Waals surface area contributed by atoms with Gasteiger partial charge in [-0.3, -0.25) is 9.59 Å². The average Bonchev–Trinajstić information content (AvgIpc) is 2.85. The molecule has 3 aromatic rings. The Kier molecular flexibility index (Phi) is 8.95. The first kappa shape index (κ1) is 25.1. The smallest absolute Gasteiger partial charge is 0.255 e. The third-order valence-corrected chi connectivity index (χ3v) is 6.64. The van der Waals surface area contributed by atoms with Gasteiger partial charge in [-0.25, -0.2) is 13.1 Å². The molecule has 0 bridgehead atoms. The van der Waals surface area contributed by atoms with Crippen molar-refractivity contribution in [3.05, 3.63) is 90.0 Å². The van der Waals surface area contributed by atoms with Gasteiger partial charge < -0.3 is 10.6 Å². The van der Waals surface area contributed by atoms with E-state index in [4.69, 9.17) is 0 Å². The standard InChI is InChI=1S/C26H29N3O4S/c1-2-3-4-8-18-27-34(32,33)24-16-14-22(15-17-24)28-26(31)21-12-9-13-23(19-21)29-25(30)20-10-6-5-7-11-20/h5-7,9-17,19,27H,2-4,8,18H2,1H3,(H,28,31)(H,29,30). The van der Waals surface area contributed by atoms with Gasteiger partial charge in [0.05, 0.1) is 4.90 Å². The van der Waals surface area contributed by atoms with Crippen molar-refractivity contribution in [1.82, 2.24) is 4.72 Å². The number of carbonyl (C=O) groups excluding carboxylic acids is 2. The fraction of sp³-hybridized carbons (Fsp3) is 0.231. The minimum atomic E-state index is -3.59. The van der Waals surface area contributed by atoms with Crippen molar-refractivity contribution in [3.63, 3.8) is 0 Å². The molecular weight excluding hydrogens is 450 g/mol. The second-order valence-corrected chi connectivity index (χ2v) is 9.60. The number of anilines is 2. The maximum absolute atomic E-state index is 12.7. The first-order valence-corrected chi connectivity index (χ1v) is 12.7. The Labute approximate surface area is 200 Å². The van der Waals surface area contributed by atoms with Crippen LogP contribution in [0.5, 0.6) is 0 Å². The summed E-state index contributed by atoms with van der Waals surface area (Å²) in [6.45, 7) is 2.50. The van der Waals surface area contributed by atoms with Crippen LogP contribution < -0.4 is 15.4 Å². The van der Waals surface area contributed by atoms with E-state index in [0.717, 1.165) is 25.7 Å². The van der Waals surface area contributed by atoms with E-state index in [1.54, 1.807) is 60.7 Å². The van der Waals surface area contributed by atoms with Crippen molar-refractivity contribution < 1.29 is 18.0 Å². The lowest BCUT2D eigenvalue weighted by Crippen LogP contribution is -2.24. The molecule has 0 saturated carbocycles. The van der Waals surface area contributed by atoms with Gasteiger partial charge in [-0.1, -0.05) is 50.5 Å². The Bertz CT molecular complexity index is 1210. The van der Waals surface area contributed by atoms with Gasteiger partial charge in [0.25, 0.3) is 11.8 Å². The molecular formula is C26H29N3O4S. The predicted molar refractivity (Wildman–Crippen MR) is 135 cm³/mol. The van der Waals surface area contributed by atoms with Gasteiger partial charge in [-0.05, 0) is 61.0 Å². The molecule has 0 spiro atoms. The zero-order valence-electron chi connectivity index (χ0n) is 19.1. The van der Waals surface area contributed by atoms with Crippen LogP contribution in [0.2, 0.25) is 0 Å². The summed E-state index contributed by atoms with van der Waals surface area (Å²) in [5.74, 6) is -0.644. The number of amides is 2. The third kappa shape index (κ3) is 7.26. The molecule has 0 aromatic heterocycles. The summed E-state index contributed by atoms with van der Waals surface area (Å²) < 4.78 is 27.4. The summed E-state index contributed by atoms with van der Waals surface area (Å²) >= 11 is 0. The minimum Gasteiger partial charge on any atom is -0.322 e. The normalized spacial score (nSPS) is 11.1. The van der Waals surface area contributed by atoms with Crippen LogP contribution in [0, 0.1) is 0 Å². The summed E-state index contributed by atoms with van der Waals surface area (Å²) in [5, 5.41) is 5.53. The SMILES string of the molecule is CCCCCCNS(=O)(=O)c1ccc(NC(=O)c2cccc(NC(=O)c3ccccc3)c2)cc1. The Morgan fingerprint density at radius 3 is 2.06 bits per heavy atom. The highest BCUT2D eigenvalue weighted by atomic mass is 32.2. The summed E-state index contributed by atoms with van der Waals surface area (Å²) in [5.41, 5.74) is 1.83. The number of nitrogens with one attached hydrogen (secondary N) is 3. The van der Waals surface area contributed by atoms with Crippen LogP contribution in [-0.4, -0.2) is 26.8 Å². The predicted octanol–water partition coefficient (Wildman–Crippen LogP) is 5.05. The van der Waals surface area contributed by atoms with E-state index in [9.17, 15) is 18.0 Å². The molecule has 2 amide bonds. The lowest BCUT2D eigenvalue weighted by molar-refractivity contribution is 0.101. The van der Waals surface area contributed by atoms with Crippen LogP contribution in [0.1, 0.15) is 53.3 Å². The fourth-order valence-electron chi connectivity index (χ4n) is 3.29. The number of unbranched alkanes of at least 4 members (excludes halogenated alkanes) is 3. The fourth-order valence-corrected chi connectivity index (χ4v) is 4.37. The third-order valence-electron chi connectivity index (χ3n) is 5.16. The van der Waals surface area contributed by atoms with Gasteiger partial charge in [0.1, 0.15) is 0 Å². The summed E-state index contributed by atoms with van der Waals surface area (Å²) in [6.07, 6.45) is 3.96. The number of benzene rings is 3. The molecule has 0 aliphatic carbocycles. The van der Waals surface area contributed by atoms with E-state index in [1.807, 2.05) is 6.07 Å². The molecule has 0 saturated heterocycles. The highest BCUT2D eigenvalue weighted by molar-refractivity contribution is 7.89. The molecule has 3 aromatic carbocycles. The monoisotopic (exact) mass is 479 g/mol. The molecule has 3 N–H and O–H groups in total. The van der Waals surface area contributed by atoms with Gasteiger partial charge in [0, 0.05) is 29.0 Å². The second kappa shape index (κ2) is 12.1. The van der Waals surface area contributed by atoms with E-state index in [1.165, 1.54) is 12.1 Å². The molecule has 34 heavy (non-hydrogen) atoms. The van der Waals surface area contributed by atoms with E-state index in [-0.39, 0.29) is 16.7 Å². The van der Waals surface area contributed by atoms with Gasteiger partial charge in [0.2, 0.25) is 10.0 Å². The van der Waals surface area contributed by atoms with Crippen molar-refractivity contribution in [1.29, 1.82) is 0 Å². The molecule has 3 rings (SSSR count). The molecule has 0 unspecified atom stereocenters. The van der Waals surface area contributed by atoms with Crippen LogP contribution in [0.3, 0.4) is 0 Å². The van der Waals surface area contributed by atoms with E-state index in [2.05, 4.69) is 22.3 Å². The molecule has 0 radical (unpaired) electrons. The zero-order valence-corrected chi connectivity index (χ0v) is 19.9. The van der Waals surface area contributed by atoms with Crippen molar-refractivity contribution in [2.24, 2.45) is 0 Å². The summed E-state index contributed by atoms with van der Waals surface area (Å²) in [7, 11) is -3.59. The lowest BCUT2D eigenvalue weighted by Gasteiger charge is -2.10. The zero-order chi connectivity index (χ0) is 24.4. The van der Waals surface area contributed by atoms with Crippen molar-refractivity contribution in [2.75, 3.05) is 17.2 Å². The van der Waals surface area contributed by atoms with E-state index in [0.29, 0.717) is 29.0 Å².